The molecule has 18 aromatic rings. The van der Waals surface area contributed by atoms with Gasteiger partial charge in [-0.3, -0.25) is 0 Å². The zero-order chi connectivity index (χ0) is 60.8. The molecule has 0 aliphatic heterocycles. The van der Waals surface area contributed by atoms with Crippen molar-refractivity contribution < 1.29 is 4.42 Å². The second-order valence-electron chi connectivity index (χ2n) is 24.9. The Morgan fingerprint density at radius 3 is 1.43 bits per heavy atom. The molecule has 7 heteroatoms. The van der Waals surface area contributed by atoms with Crippen LogP contribution in [0.5, 0.6) is 0 Å². The molecule has 0 spiro atoms. The molecular weight excluding hydrogens is 1120 g/mol. The van der Waals surface area contributed by atoms with Crippen LogP contribution in [0.2, 0.25) is 0 Å². The fraction of sp³-hybridized carbons (Fsp3) is 0.0353. The molecule has 3 heterocycles. The Kier molecular flexibility index (Phi) is 11.3. The Hall–Kier alpha value is -12.1. The molecule has 1 aliphatic carbocycles. The molecule has 0 bridgehead atoms. The van der Waals surface area contributed by atoms with Gasteiger partial charge < -0.3 is 4.42 Å². The highest BCUT2D eigenvalue weighted by Crippen LogP contribution is 2.50. The number of benzene rings is 15. The molecule has 0 unspecified atom stereocenters. The van der Waals surface area contributed by atoms with Gasteiger partial charge in [0.1, 0.15) is 11.2 Å². The number of hydrogen-bond donors (Lipinski definition) is 0. The molecule has 1 aliphatic rings. The number of para-hydroxylation sites is 1. The predicted molar refractivity (Wildman–Crippen MR) is 379 cm³/mol. The van der Waals surface area contributed by atoms with E-state index in [9.17, 15) is 0 Å². The van der Waals surface area contributed by atoms with Gasteiger partial charge in [0, 0.05) is 54.8 Å². The van der Waals surface area contributed by atoms with Gasteiger partial charge in [-0.05, 0) is 134 Å². The summed E-state index contributed by atoms with van der Waals surface area (Å²) in [4.78, 5) is 31.9. The highest BCUT2D eigenvalue weighted by Gasteiger charge is 2.35. The fourth-order valence-electron chi connectivity index (χ4n) is 14.8. The maximum absolute atomic E-state index is 7.04. The summed E-state index contributed by atoms with van der Waals surface area (Å²) in [5.41, 5.74) is 14.1. The molecule has 0 saturated heterocycles. The van der Waals surface area contributed by atoms with Gasteiger partial charge in [0.05, 0.1) is 5.56 Å². The van der Waals surface area contributed by atoms with E-state index in [2.05, 4.69) is 275 Å². The number of rotatable bonds is 7. The second-order valence-corrected chi connectivity index (χ2v) is 24.9. The van der Waals surface area contributed by atoms with Crippen molar-refractivity contribution in [3.63, 3.8) is 0 Å². The maximum atomic E-state index is 7.04. The summed E-state index contributed by atoms with van der Waals surface area (Å²) in [6.07, 6.45) is 0. The van der Waals surface area contributed by atoms with Crippen LogP contribution in [0, 0.1) is 0 Å². The fourth-order valence-corrected chi connectivity index (χ4v) is 14.8. The summed E-state index contributed by atoms with van der Waals surface area (Å²) >= 11 is 0. The van der Waals surface area contributed by atoms with Crippen LogP contribution in [-0.2, 0) is 5.41 Å². The highest BCUT2D eigenvalue weighted by atomic mass is 16.3. The summed E-state index contributed by atoms with van der Waals surface area (Å²) in [5, 5.41) is 18.0. The molecule has 428 valence electrons. The molecule has 0 fully saturated rings. The average Bonchev–Trinajstić information content (AvgIpc) is 1.40. The lowest BCUT2D eigenvalue weighted by Gasteiger charge is -2.21. The van der Waals surface area contributed by atoms with Crippen LogP contribution in [0.15, 0.2) is 283 Å². The summed E-state index contributed by atoms with van der Waals surface area (Å²) in [7, 11) is 0. The Morgan fingerprint density at radius 1 is 0.239 bits per heavy atom. The summed E-state index contributed by atoms with van der Waals surface area (Å²) < 4.78 is 7.04. The van der Waals surface area contributed by atoms with E-state index in [1.165, 1.54) is 38.4 Å². The van der Waals surface area contributed by atoms with Crippen LogP contribution in [-0.4, -0.2) is 29.9 Å². The van der Waals surface area contributed by atoms with Gasteiger partial charge in [-0.25, -0.2) is 29.9 Å². The first-order valence-electron chi connectivity index (χ1n) is 31.3. The standard InChI is InChI=1S/C85H52N6O/c1-85(2)73-28-11-10-23-64(73)65-41-37-59(47-74(65)85)81-86-79(53-17-4-3-5-18-53)87-82(89-81)70-25-12-20-52-33-40-63-61-38-34-55(45-57(61)36-44-68(63)77(52)70)56-35-42-66-69-24-14-27-72(78(69)92-75(66)48-56)84-90-80(58-30-29-49-15-6-7-19-54(49)46-58)88-83(91-84)71-26-13-21-51-32-39-62-60-22-9-8-16-50(60)31-43-67(62)76(51)71/h3-48H,1-2H3. The van der Waals surface area contributed by atoms with E-state index in [1.54, 1.807) is 0 Å². The highest BCUT2D eigenvalue weighted by molar-refractivity contribution is 6.22. The number of furan rings is 1. The molecule has 0 amide bonds. The predicted octanol–water partition coefficient (Wildman–Crippen LogP) is 22.0. The van der Waals surface area contributed by atoms with E-state index in [0.29, 0.717) is 34.9 Å². The van der Waals surface area contributed by atoms with Gasteiger partial charge in [-0.2, -0.15) is 0 Å². The summed E-state index contributed by atoms with van der Waals surface area (Å²) in [6, 6.07) is 99.5. The van der Waals surface area contributed by atoms with Crippen molar-refractivity contribution >= 4 is 97.3 Å². The van der Waals surface area contributed by atoms with E-state index in [4.69, 9.17) is 34.3 Å². The average molecular weight is 1170 g/mol. The molecule has 3 aromatic heterocycles. The van der Waals surface area contributed by atoms with E-state index in [1.807, 2.05) is 18.2 Å². The Bertz CT molecular complexity index is 6190. The van der Waals surface area contributed by atoms with Crippen LogP contribution in [0.1, 0.15) is 25.0 Å². The molecule has 0 N–H and O–H groups in total. The third kappa shape index (κ3) is 8.08. The maximum Gasteiger partial charge on any atom is 0.167 e. The van der Waals surface area contributed by atoms with Crippen molar-refractivity contribution in [2.75, 3.05) is 0 Å². The van der Waals surface area contributed by atoms with E-state index in [-0.39, 0.29) is 5.41 Å². The van der Waals surface area contributed by atoms with Crippen molar-refractivity contribution in [1.82, 2.24) is 29.9 Å². The van der Waals surface area contributed by atoms with Gasteiger partial charge in [0.2, 0.25) is 0 Å². The Balaban J connectivity index is 0.714. The van der Waals surface area contributed by atoms with Crippen LogP contribution in [0.25, 0.3) is 188 Å². The molecule has 0 atom stereocenters. The first-order valence-corrected chi connectivity index (χ1v) is 31.3. The smallest absolute Gasteiger partial charge is 0.167 e. The lowest BCUT2D eigenvalue weighted by molar-refractivity contribution is 0.660. The van der Waals surface area contributed by atoms with Crippen molar-refractivity contribution in [1.29, 1.82) is 0 Å². The first-order chi connectivity index (χ1) is 45.3. The van der Waals surface area contributed by atoms with Crippen molar-refractivity contribution in [2.24, 2.45) is 0 Å². The Morgan fingerprint density at radius 2 is 0.685 bits per heavy atom. The zero-order valence-electron chi connectivity index (χ0n) is 50.1. The molecule has 15 aromatic carbocycles. The molecular formula is C85H52N6O. The van der Waals surface area contributed by atoms with E-state index in [0.717, 1.165) is 126 Å². The van der Waals surface area contributed by atoms with Crippen LogP contribution in [0.4, 0.5) is 0 Å². The topological polar surface area (TPSA) is 90.5 Å². The third-order valence-electron chi connectivity index (χ3n) is 19.3. The normalized spacial score (nSPS) is 12.8. The van der Waals surface area contributed by atoms with Crippen molar-refractivity contribution in [3.8, 4) is 90.6 Å². The largest absolute Gasteiger partial charge is 0.455 e. The lowest BCUT2D eigenvalue weighted by Crippen LogP contribution is -2.15. The minimum Gasteiger partial charge on any atom is -0.455 e. The second kappa shape index (κ2) is 20.0. The molecule has 0 saturated carbocycles. The van der Waals surface area contributed by atoms with Gasteiger partial charge in [-0.15, -0.1) is 0 Å². The lowest BCUT2D eigenvalue weighted by atomic mass is 9.82. The minimum absolute atomic E-state index is 0.172. The number of fused-ring (bicyclic) bond motifs is 17. The van der Waals surface area contributed by atoms with E-state index >= 15 is 0 Å². The number of hydrogen-bond acceptors (Lipinski definition) is 7. The summed E-state index contributed by atoms with van der Waals surface area (Å²) in [6.45, 7) is 4.62. The SMILES string of the molecule is CC1(C)c2ccccc2-c2ccc(-c3nc(-c4ccccc4)nc(-c4cccc5ccc6c7ccc(-c8ccc9c(c8)oc8c(-c%10nc(-c%11ccc%12ccccc%12c%11)nc(-c%11cccc%12ccc%13c%14ccccc%14ccc%13c%11%12)n%10)cccc89)cc7ccc6c45)n3)cc21. The Labute approximate surface area is 528 Å². The van der Waals surface area contributed by atoms with Gasteiger partial charge in [-0.1, -0.05) is 257 Å². The molecule has 19 rings (SSSR count). The quantitative estimate of drug-likeness (QED) is 0.147. The van der Waals surface area contributed by atoms with Crippen molar-refractivity contribution in [2.45, 2.75) is 19.3 Å². The summed E-state index contributed by atoms with van der Waals surface area (Å²) in [5.74, 6) is 3.62. The van der Waals surface area contributed by atoms with Gasteiger partial charge in [0.15, 0.2) is 34.9 Å². The minimum atomic E-state index is -0.172. The zero-order valence-corrected chi connectivity index (χ0v) is 50.1. The van der Waals surface area contributed by atoms with Gasteiger partial charge >= 0.3 is 0 Å². The van der Waals surface area contributed by atoms with Crippen LogP contribution in [0.3, 0.4) is 0 Å². The number of aromatic nitrogens is 6. The molecule has 7 nitrogen and oxygen atoms in total. The van der Waals surface area contributed by atoms with Gasteiger partial charge in [0.25, 0.3) is 0 Å². The van der Waals surface area contributed by atoms with Crippen molar-refractivity contribution in [3.05, 3.63) is 290 Å². The third-order valence-corrected chi connectivity index (χ3v) is 19.3. The first kappa shape index (κ1) is 51.9. The monoisotopic (exact) mass is 1170 g/mol. The molecule has 92 heavy (non-hydrogen) atoms. The molecule has 0 radical (unpaired) electrons. The van der Waals surface area contributed by atoms with Crippen LogP contribution < -0.4 is 0 Å². The number of nitrogens with zero attached hydrogens (tertiary/aromatic N) is 6. The van der Waals surface area contributed by atoms with E-state index < -0.39 is 0 Å². The van der Waals surface area contributed by atoms with Crippen LogP contribution >= 0.6 is 0 Å².